The Morgan fingerprint density at radius 3 is 2.50 bits per heavy atom. The number of nitrogens with one attached hydrogen (secondary N) is 2. The number of nitrogens with two attached hydrogens (primary N) is 2. The van der Waals surface area contributed by atoms with Gasteiger partial charge in [-0.2, -0.15) is 0 Å². The molecule has 0 aliphatic rings. The maximum absolute atomic E-state index is 11.9. The number of nitro groups is 1. The minimum atomic E-state index is -1.27. The average Bonchev–Trinajstić information content (AvgIpc) is 2.59. The molecule has 2 unspecified atom stereocenters. The molecule has 26 heavy (non-hydrogen) atoms. The zero-order valence-corrected chi connectivity index (χ0v) is 14.0. The summed E-state index contributed by atoms with van der Waals surface area (Å²) in [5.74, 6) is -2.16. The monoisotopic (exact) mass is 366 g/mol. The highest BCUT2D eigenvalue weighted by Crippen LogP contribution is 2.03. The van der Waals surface area contributed by atoms with Gasteiger partial charge in [-0.25, -0.2) is 9.79 Å². The fraction of sp³-hybridized carbons (Fsp3) is 0.400. The number of aliphatic carboxylic acids is 1. The van der Waals surface area contributed by atoms with Crippen molar-refractivity contribution in [3.8, 4) is 0 Å². The van der Waals surface area contributed by atoms with Gasteiger partial charge in [-0.05, 0) is 18.4 Å². The number of nitrogens with zero attached hydrogens (tertiary/aromatic N) is 2. The lowest BCUT2D eigenvalue weighted by Gasteiger charge is -2.14. The second-order valence-electron chi connectivity index (χ2n) is 5.48. The van der Waals surface area contributed by atoms with Crippen LogP contribution in [0.5, 0.6) is 0 Å². The van der Waals surface area contributed by atoms with E-state index in [4.69, 9.17) is 16.6 Å². The molecule has 0 heterocycles. The van der Waals surface area contributed by atoms with Crippen molar-refractivity contribution >= 4 is 17.8 Å². The molecule has 0 aliphatic heterocycles. The smallest absolute Gasteiger partial charge is 0.328 e. The van der Waals surface area contributed by atoms with Crippen molar-refractivity contribution in [3.05, 3.63) is 46.0 Å². The van der Waals surface area contributed by atoms with E-state index in [1.807, 2.05) is 30.3 Å². The number of hydrazine groups is 1. The van der Waals surface area contributed by atoms with Crippen LogP contribution in [-0.4, -0.2) is 46.5 Å². The van der Waals surface area contributed by atoms with Crippen molar-refractivity contribution < 1.29 is 19.6 Å². The molecule has 0 aliphatic carbocycles. The summed E-state index contributed by atoms with van der Waals surface area (Å²) in [5.41, 5.74) is 16.7. The lowest BCUT2D eigenvalue weighted by molar-refractivity contribution is -0.480. The molecule has 0 bridgehead atoms. The van der Waals surface area contributed by atoms with Crippen LogP contribution < -0.4 is 22.3 Å². The van der Waals surface area contributed by atoms with E-state index in [1.165, 1.54) is 0 Å². The maximum Gasteiger partial charge on any atom is 0.328 e. The van der Waals surface area contributed by atoms with Crippen molar-refractivity contribution in [2.24, 2.45) is 16.5 Å². The number of carboxylic acid groups (broad SMARTS) is 1. The second kappa shape index (κ2) is 10.6. The Morgan fingerprint density at radius 1 is 1.27 bits per heavy atom. The first kappa shape index (κ1) is 20.8. The van der Waals surface area contributed by atoms with Gasteiger partial charge in [0, 0.05) is 11.3 Å². The SMILES string of the molecule is NC(=NC(CCC[N+](=O)[O-])C(=O)O)NNC(=O)C(N)Cc1ccccc1. The number of amides is 1. The Morgan fingerprint density at radius 2 is 1.92 bits per heavy atom. The average molecular weight is 366 g/mol. The third-order valence-corrected chi connectivity index (χ3v) is 3.35. The van der Waals surface area contributed by atoms with E-state index in [9.17, 15) is 19.7 Å². The molecule has 11 nitrogen and oxygen atoms in total. The quantitative estimate of drug-likeness (QED) is 0.159. The number of aliphatic imine (C=N–C) groups is 1. The van der Waals surface area contributed by atoms with E-state index in [-0.39, 0.29) is 25.3 Å². The second-order valence-corrected chi connectivity index (χ2v) is 5.48. The molecule has 0 radical (unpaired) electrons. The van der Waals surface area contributed by atoms with Crippen molar-refractivity contribution in [2.75, 3.05) is 6.54 Å². The summed E-state index contributed by atoms with van der Waals surface area (Å²) in [6.07, 6.45) is 0.291. The normalized spacial score (nSPS) is 13.5. The van der Waals surface area contributed by atoms with Gasteiger partial charge in [0.2, 0.25) is 12.5 Å². The summed E-state index contributed by atoms with van der Waals surface area (Å²) in [5, 5.41) is 19.3. The number of hydrogen-bond donors (Lipinski definition) is 5. The highest BCUT2D eigenvalue weighted by molar-refractivity contribution is 5.87. The fourth-order valence-corrected chi connectivity index (χ4v) is 2.04. The summed E-state index contributed by atoms with van der Waals surface area (Å²) in [4.78, 5) is 36.4. The third kappa shape index (κ3) is 8.06. The maximum atomic E-state index is 11.9. The molecule has 11 heteroatoms. The molecule has 1 amide bonds. The third-order valence-electron chi connectivity index (χ3n) is 3.35. The van der Waals surface area contributed by atoms with Gasteiger partial charge >= 0.3 is 5.97 Å². The number of rotatable bonds is 9. The largest absolute Gasteiger partial charge is 0.480 e. The Labute approximate surface area is 149 Å². The zero-order valence-electron chi connectivity index (χ0n) is 14.0. The first-order chi connectivity index (χ1) is 12.3. The molecule has 0 saturated carbocycles. The van der Waals surface area contributed by atoms with Crippen LogP contribution in [0.3, 0.4) is 0 Å². The molecular formula is C15H22N6O5. The van der Waals surface area contributed by atoms with E-state index in [2.05, 4.69) is 15.8 Å². The standard InChI is InChI=1S/C15H22N6O5/c16-11(9-10-5-2-1-3-6-10)13(22)19-20-15(17)18-12(14(23)24)7-4-8-21(25)26/h1-3,5-6,11-12H,4,7-9,16H2,(H,19,22)(H,23,24)(H3,17,18,20). The molecular weight excluding hydrogens is 344 g/mol. The van der Waals surface area contributed by atoms with Crippen LogP contribution >= 0.6 is 0 Å². The fourth-order valence-electron chi connectivity index (χ4n) is 2.04. The summed E-state index contributed by atoms with van der Waals surface area (Å²) in [6, 6.07) is 7.07. The molecule has 7 N–H and O–H groups in total. The van der Waals surface area contributed by atoms with Gasteiger partial charge in [-0.3, -0.25) is 25.8 Å². The van der Waals surface area contributed by atoms with Crippen molar-refractivity contribution in [3.63, 3.8) is 0 Å². The summed E-state index contributed by atoms with van der Waals surface area (Å²) >= 11 is 0. The van der Waals surface area contributed by atoms with E-state index >= 15 is 0 Å². The Bertz CT molecular complexity index is 651. The molecule has 0 aromatic heterocycles. The summed E-state index contributed by atoms with van der Waals surface area (Å²) < 4.78 is 0. The van der Waals surface area contributed by atoms with Gasteiger partial charge in [0.1, 0.15) is 0 Å². The van der Waals surface area contributed by atoms with E-state index in [0.29, 0.717) is 6.42 Å². The van der Waals surface area contributed by atoms with Crippen LogP contribution in [0.4, 0.5) is 0 Å². The number of guanidine groups is 1. The molecule has 1 aromatic rings. The van der Waals surface area contributed by atoms with Crippen LogP contribution in [-0.2, 0) is 16.0 Å². The van der Waals surface area contributed by atoms with Gasteiger partial charge in [-0.1, -0.05) is 30.3 Å². The number of carbonyl (C=O) groups is 2. The predicted molar refractivity (Wildman–Crippen MR) is 93.5 cm³/mol. The van der Waals surface area contributed by atoms with Crippen LogP contribution in [0.15, 0.2) is 35.3 Å². The predicted octanol–water partition coefficient (Wildman–Crippen LogP) is -0.998. The topological polar surface area (TPSA) is 186 Å². The van der Waals surface area contributed by atoms with E-state index in [1.54, 1.807) is 0 Å². The Balaban J connectivity index is 2.49. The Hall–Kier alpha value is -3.21. The minimum Gasteiger partial charge on any atom is -0.480 e. The lowest BCUT2D eigenvalue weighted by Crippen LogP contribution is -2.52. The van der Waals surface area contributed by atoms with Crippen molar-refractivity contribution in [1.29, 1.82) is 0 Å². The molecule has 2 atom stereocenters. The summed E-state index contributed by atoms with van der Waals surface area (Å²) in [7, 11) is 0. The first-order valence-corrected chi connectivity index (χ1v) is 7.83. The van der Waals surface area contributed by atoms with Crippen LogP contribution in [0.1, 0.15) is 18.4 Å². The molecule has 0 fully saturated rings. The molecule has 1 aromatic carbocycles. The number of hydrogen-bond acceptors (Lipinski definition) is 6. The van der Waals surface area contributed by atoms with Crippen molar-refractivity contribution in [2.45, 2.75) is 31.3 Å². The number of carboxylic acids is 1. The molecule has 0 saturated heterocycles. The minimum absolute atomic E-state index is 0.0368. The lowest BCUT2D eigenvalue weighted by atomic mass is 10.1. The first-order valence-electron chi connectivity index (χ1n) is 7.83. The molecule has 142 valence electrons. The highest BCUT2D eigenvalue weighted by Gasteiger charge is 2.18. The van der Waals surface area contributed by atoms with Gasteiger partial charge < -0.3 is 16.6 Å². The number of carbonyl (C=O) groups excluding carboxylic acids is 1. The van der Waals surface area contributed by atoms with Gasteiger partial charge in [0.15, 0.2) is 6.04 Å². The summed E-state index contributed by atoms with van der Waals surface area (Å²) in [6.45, 7) is -0.363. The highest BCUT2D eigenvalue weighted by atomic mass is 16.6. The van der Waals surface area contributed by atoms with Gasteiger partial charge in [0.05, 0.1) is 6.04 Å². The van der Waals surface area contributed by atoms with E-state index in [0.717, 1.165) is 5.56 Å². The molecule has 1 rings (SSSR count). The van der Waals surface area contributed by atoms with Crippen molar-refractivity contribution in [1.82, 2.24) is 10.9 Å². The molecule has 0 spiro atoms. The van der Waals surface area contributed by atoms with Gasteiger partial charge in [-0.15, -0.1) is 0 Å². The Kier molecular flexibility index (Phi) is 8.50. The van der Waals surface area contributed by atoms with Crippen LogP contribution in [0, 0.1) is 10.1 Å². The van der Waals surface area contributed by atoms with Crippen LogP contribution in [0.25, 0.3) is 0 Å². The van der Waals surface area contributed by atoms with E-state index < -0.39 is 28.9 Å². The van der Waals surface area contributed by atoms with Crippen LogP contribution in [0.2, 0.25) is 0 Å². The van der Waals surface area contributed by atoms with Gasteiger partial charge in [0.25, 0.3) is 5.91 Å². The number of benzene rings is 1. The zero-order chi connectivity index (χ0) is 19.5.